The molecule has 1 atom stereocenters. The molecule has 0 spiro atoms. The van der Waals surface area contributed by atoms with Crippen LogP contribution in [0.2, 0.25) is 0 Å². The minimum Gasteiger partial charge on any atom is -0.462 e. The zero-order chi connectivity index (χ0) is 47.2. The van der Waals surface area contributed by atoms with E-state index >= 15 is 0 Å². The molecule has 0 aromatic rings. The van der Waals surface area contributed by atoms with Gasteiger partial charge in [-0.15, -0.1) is 0 Å². The molecule has 65 heavy (non-hydrogen) atoms. The molecule has 0 rings (SSSR count). The zero-order valence-electron chi connectivity index (χ0n) is 43.0. The number of hydrogen-bond donors (Lipinski definition) is 0. The molecular formula is C59H104O6. The highest BCUT2D eigenvalue weighted by molar-refractivity contribution is 5.71. The van der Waals surface area contributed by atoms with Crippen molar-refractivity contribution >= 4 is 17.9 Å². The van der Waals surface area contributed by atoms with Crippen molar-refractivity contribution < 1.29 is 28.6 Å². The summed E-state index contributed by atoms with van der Waals surface area (Å²) in [5, 5.41) is 0. The quantitative estimate of drug-likeness (QED) is 0.0262. The average Bonchev–Trinajstić information content (AvgIpc) is 3.30. The molecule has 0 fully saturated rings. The summed E-state index contributed by atoms with van der Waals surface area (Å²) in [6.07, 6.45) is 66.3. The Labute approximate surface area is 402 Å². The standard InChI is InChI=1S/C59H104O6/c1-4-7-10-13-16-19-22-25-27-29-30-31-33-34-37-40-43-46-49-52-58(61)64-55-56(54-63-57(60)51-48-45-42-39-36-24-21-18-15-12-9-6-3)65-59(62)53-50-47-44-41-38-35-32-28-26-23-20-17-14-11-8-5-2/h16,19-20,23,25,27-28,30-32,56H,4-15,17-18,21-22,24,26,29,33-55H2,1-3H3/b19-16-,23-20-,27-25-,31-30-,32-28-. The fourth-order valence-electron chi connectivity index (χ4n) is 7.77. The van der Waals surface area contributed by atoms with Crippen molar-refractivity contribution in [3.8, 4) is 0 Å². The van der Waals surface area contributed by atoms with E-state index in [1.54, 1.807) is 0 Å². The van der Waals surface area contributed by atoms with E-state index in [0.29, 0.717) is 19.3 Å². The van der Waals surface area contributed by atoms with Crippen LogP contribution in [0.15, 0.2) is 60.8 Å². The van der Waals surface area contributed by atoms with Crippen LogP contribution in [0.4, 0.5) is 0 Å². The summed E-state index contributed by atoms with van der Waals surface area (Å²) in [7, 11) is 0. The number of unbranched alkanes of at least 4 members (excludes halogenated alkanes) is 29. The summed E-state index contributed by atoms with van der Waals surface area (Å²) < 4.78 is 16.8. The highest BCUT2D eigenvalue weighted by Gasteiger charge is 2.19. The lowest BCUT2D eigenvalue weighted by molar-refractivity contribution is -0.167. The third-order valence-corrected chi connectivity index (χ3v) is 12.0. The monoisotopic (exact) mass is 909 g/mol. The van der Waals surface area contributed by atoms with Crippen LogP contribution in [0, 0.1) is 0 Å². The highest BCUT2D eigenvalue weighted by Crippen LogP contribution is 2.15. The molecule has 0 aromatic heterocycles. The van der Waals surface area contributed by atoms with Crippen molar-refractivity contribution in [1.29, 1.82) is 0 Å². The Morgan fingerprint density at radius 3 is 0.908 bits per heavy atom. The molecule has 376 valence electrons. The highest BCUT2D eigenvalue weighted by atomic mass is 16.6. The van der Waals surface area contributed by atoms with Crippen LogP contribution in [-0.2, 0) is 28.6 Å². The first-order valence-corrected chi connectivity index (χ1v) is 27.8. The molecule has 0 aliphatic rings. The van der Waals surface area contributed by atoms with Gasteiger partial charge in [-0.2, -0.15) is 0 Å². The van der Waals surface area contributed by atoms with Crippen LogP contribution in [0.3, 0.4) is 0 Å². The predicted molar refractivity (Wildman–Crippen MR) is 279 cm³/mol. The van der Waals surface area contributed by atoms with Gasteiger partial charge in [-0.05, 0) is 89.9 Å². The van der Waals surface area contributed by atoms with Crippen molar-refractivity contribution in [2.75, 3.05) is 13.2 Å². The number of allylic oxidation sites excluding steroid dienone is 10. The first-order chi connectivity index (χ1) is 32.0. The maximum Gasteiger partial charge on any atom is 0.306 e. The maximum absolute atomic E-state index is 12.8. The van der Waals surface area contributed by atoms with Crippen molar-refractivity contribution in [1.82, 2.24) is 0 Å². The summed E-state index contributed by atoms with van der Waals surface area (Å²) in [6.45, 7) is 6.59. The minimum atomic E-state index is -0.785. The molecule has 6 nitrogen and oxygen atoms in total. The van der Waals surface area contributed by atoms with Crippen molar-refractivity contribution in [3.05, 3.63) is 60.8 Å². The molecule has 0 N–H and O–H groups in total. The minimum absolute atomic E-state index is 0.0822. The second-order valence-corrected chi connectivity index (χ2v) is 18.5. The molecule has 0 heterocycles. The topological polar surface area (TPSA) is 78.9 Å². The van der Waals surface area contributed by atoms with E-state index in [9.17, 15) is 14.4 Å². The van der Waals surface area contributed by atoms with Gasteiger partial charge in [0.15, 0.2) is 6.10 Å². The molecule has 0 saturated heterocycles. The van der Waals surface area contributed by atoms with Crippen LogP contribution in [0.25, 0.3) is 0 Å². The van der Waals surface area contributed by atoms with E-state index in [0.717, 1.165) is 103 Å². The summed E-state index contributed by atoms with van der Waals surface area (Å²) in [5.74, 6) is -0.901. The summed E-state index contributed by atoms with van der Waals surface area (Å²) in [6, 6.07) is 0. The molecule has 0 amide bonds. The molecule has 1 unspecified atom stereocenters. The SMILES string of the molecule is CCCCC/C=C\C/C=C\C/C=C\CCCCCCCCC(=O)OCC(COC(=O)CCCCCCCCCCCCCC)OC(=O)CCCCCCC/C=C\C/C=C\CCCCCC. The average molecular weight is 909 g/mol. The van der Waals surface area contributed by atoms with Crippen LogP contribution in [0.1, 0.15) is 278 Å². The second kappa shape index (κ2) is 53.7. The predicted octanol–water partition coefficient (Wildman–Crippen LogP) is 18.4. The third-order valence-electron chi connectivity index (χ3n) is 12.0. The Kier molecular flexibility index (Phi) is 51.3. The van der Waals surface area contributed by atoms with Gasteiger partial charge in [0.1, 0.15) is 13.2 Å². The van der Waals surface area contributed by atoms with Crippen molar-refractivity contribution in [3.63, 3.8) is 0 Å². The molecule has 0 saturated carbocycles. The van der Waals surface area contributed by atoms with Gasteiger partial charge >= 0.3 is 17.9 Å². The largest absolute Gasteiger partial charge is 0.462 e. The molecule has 6 heteroatoms. The summed E-state index contributed by atoms with van der Waals surface area (Å²) >= 11 is 0. The zero-order valence-corrected chi connectivity index (χ0v) is 43.0. The van der Waals surface area contributed by atoms with Crippen molar-refractivity contribution in [2.24, 2.45) is 0 Å². The maximum atomic E-state index is 12.8. The molecule has 0 radical (unpaired) electrons. The van der Waals surface area contributed by atoms with Crippen LogP contribution >= 0.6 is 0 Å². The van der Waals surface area contributed by atoms with Crippen molar-refractivity contribution in [2.45, 2.75) is 284 Å². The van der Waals surface area contributed by atoms with Crippen LogP contribution in [-0.4, -0.2) is 37.2 Å². The Bertz CT molecular complexity index is 1180. The van der Waals surface area contributed by atoms with E-state index in [1.165, 1.54) is 135 Å². The Morgan fingerprint density at radius 2 is 0.554 bits per heavy atom. The van der Waals surface area contributed by atoms with Gasteiger partial charge < -0.3 is 14.2 Å². The van der Waals surface area contributed by atoms with Gasteiger partial charge in [-0.3, -0.25) is 14.4 Å². The normalized spacial score (nSPS) is 12.5. The number of carbonyl (C=O) groups excluding carboxylic acids is 3. The lowest BCUT2D eigenvalue weighted by Crippen LogP contribution is -2.30. The van der Waals surface area contributed by atoms with E-state index in [4.69, 9.17) is 14.2 Å². The Morgan fingerprint density at radius 1 is 0.308 bits per heavy atom. The molecule has 0 bridgehead atoms. The van der Waals surface area contributed by atoms with Gasteiger partial charge in [0, 0.05) is 19.3 Å². The smallest absolute Gasteiger partial charge is 0.306 e. The fraction of sp³-hybridized carbons (Fsp3) is 0.780. The third kappa shape index (κ3) is 51.9. The lowest BCUT2D eigenvalue weighted by Gasteiger charge is -2.18. The number of ether oxygens (including phenoxy) is 3. The van der Waals surface area contributed by atoms with E-state index < -0.39 is 6.10 Å². The molecule has 0 aliphatic carbocycles. The van der Waals surface area contributed by atoms with Gasteiger partial charge in [-0.25, -0.2) is 0 Å². The van der Waals surface area contributed by atoms with Gasteiger partial charge in [0.2, 0.25) is 0 Å². The fourth-order valence-corrected chi connectivity index (χ4v) is 7.77. The summed E-state index contributed by atoms with van der Waals surface area (Å²) in [4.78, 5) is 38.1. The molecule has 0 aromatic carbocycles. The Balaban J connectivity index is 4.40. The molecular weight excluding hydrogens is 805 g/mol. The van der Waals surface area contributed by atoms with Gasteiger partial charge in [0.05, 0.1) is 0 Å². The van der Waals surface area contributed by atoms with Gasteiger partial charge in [-0.1, -0.05) is 229 Å². The van der Waals surface area contributed by atoms with Gasteiger partial charge in [0.25, 0.3) is 0 Å². The first kappa shape index (κ1) is 62.1. The number of rotatable bonds is 50. The Hall–Kier alpha value is -2.89. The van der Waals surface area contributed by atoms with E-state index in [-0.39, 0.29) is 31.1 Å². The van der Waals surface area contributed by atoms with Crippen LogP contribution < -0.4 is 0 Å². The van der Waals surface area contributed by atoms with E-state index in [1.807, 2.05) is 0 Å². The first-order valence-electron chi connectivity index (χ1n) is 27.8. The number of esters is 3. The lowest BCUT2D eigenvalue weighted by atomic mass is 10.0. The molecule has 0 aliphatic heterocycles. The second-order valence-electron chi connectivity index (χ2n) is 18.5. The van der Waals surface area contributed by atoms with Crippen LogP contribution in [0.5, 0.6) is 0 Å². The number of hydrogen-bond acceptors (Lipinski definition) is 6. The summed E-state index contributed by atoms with van der Waals surface area (Å²) in [5.41, 5.74) is 0. The van der Waals surface area contributed by atoms with E-state index in [2.05, 4.69) is 81.5 Å². The number of carbonyl (C=O) groups is 3.